The van der Waals surface area contributed by atoms with E-state index in [0.29, 0.717) is 19.5 Å². The number of hydrogen-bond acceptors (Lipinski definition) is 3. The molecule has 18 heavy (non-hydrogen) atoms. The normalized spacial score (nSPS) is 9.61. The summed E-state index contributed by atoms with van der Waals surface area (Å²) >= 11 is 0. The van der Waals surface area contributed by atoms with Crippen LogP contribution in [0.3, 0.4) is 0 Å². The van der Waals surface area contributed by atoms with Crippen LogP contribution in [0.25, 0.3) is 10.4 Å². The second-order valence-corrected chi connectivity index (χ2v) is 3.96. The molecule has 6 nitrogen and oxygen atoms in total. The van der Waals surface area contributed by atoms with Crippen LogP contribution in [-0.4, -0.2) is 24.0 Å². The predicted octanol–water partition coefficient (Wildman–Crippen LogP) is 2.14. The predicted molar refractivity (Wildman–Crippen MR) is 68.9 cm³/mol. The van der Waals surface area contributed by atoms with Gasteiger partial charge in [-0.05, 0) is 36.9 Å². The summed E-state index contributed by atoms with van der Waals surface area (Å²) in [6.07, 6.45) is 3.59. The number of unbranched alkanes of at least 4 members (excludes halogenated alkanes) is 1. The molecule has 1 rings (SSSR count). The Hall–Kier alpha value is -2.07. The molecule has 0 fully saturated rings. The van der Waals surface area contributed by atoms with Crippen LogP contribution in [0.5, 0.6) is 0 Å². The van der Waals surface area contributed by atoms with Gasteiger partial charge < -0.3 is 5.32 Å². The van der Waals surface area contributed by atoms with Crippen molar-refractivity contribution in [3.63, 3.8) is 0 Å². The van der Waals surface area contributed by atoms with Gasteiger partial charge in [0.05, 0.1) is 12.1 Å². The van der Waals surface area contributed by atoms with Crippen LogP contribution in [0.1, 0.15) is 24.1 Å². The summed E-state index contributed by atoms with van der Waals surface area (Å²) in [5.74, 6) is -0.0272. The van der Waals surface area contributed by atoms with E-state index in [0.717, 1.165) is 24.1 Å². The third kappa shape index (κ3) is 5.32. The Kier molecular flexibility index (Phi) is 6.28. The van der Waals surface area contributed by atoms with Gasteiger partial charge in [0.15, 0.2) is 0 Å². The van der Waals surface area contributed by atoms with Crippen LogP contribution in [0.2, 0.25) is 0 Å². The van der Waals surface area contributed by atoms with Gasteiger partial charge in [-0.1, -0.05) is 11.2 Å². The Labute approximate surface area is 106 Å². The van der Waals surface area contributed by atoms with Gasteiger partial charge in [0.2, 0.25) is 5.91 Å². The van der Waals surface area contributed by atoms with E-state index >= 15 is 0 Å². The van der Waals surface area contributed by atoms with Crippen LogP contribution in [-0.2, 0) is 11.2 Å². The van der Waals surface area contributed by atoms with Gasteiger partial charge in [-0.3, -0.25) is 9.78 Å². The van der Waals surface area contributed by atoms with E-state index in [-0.39, 0.29) is 5.91 Å². The number of carbonyl (C=O) groups is 1. The van der Waals surface area contributed by atoms with Crippen molar-refractivity contribution in [2.45, 2.75) is 26.2 Å². The number of hydrogen-bond donors (Lipinski definition) is 1. The number of pyridine rings is 1. The molecule has 6 heteroatoms. The van der Waals surface area contributed by atoms with Gasteiger partial charge in [-0.25, -0.2) is 0 Å². The maximum Gasteiger partial charge on any atom is 0.226 e. The highest BCUT2D eigenvalue weighted by atomic mass is 16.1. The molecule has 0 radical (unpaired) electrons. The summed E-state index contributed by atoms with van der Waals surface area (Å²) in [6, 6.07) is 3.79. The highest BCUT2D eigenvalue weighted by Gasteiger charge is 2.05. The molecule has 1 heterocycles. The molecule has 0 unspecified atom stereocenters. The first kappa shape index (κ1) is 14.0. The Morgan fingerprint density at radius 1 is 1.56 bits per heavy atom. The smallest absolute Gasteiger partial charge is 0.226 e. The largest absolute Gasteiger partial charge is 0.356 e. The minimum Gasteiger partial charge on any atom is -0.356 e. The first-order valence-corrected chi connectivity index (χ1v) is 5.92. The summed E-state index contributed by atoms with van der Waals surface area (Å²) < 4.78 is 0. The minimum absolute atomic E-state index is 0.0272. The summed E-state index contributed by atoms with van der Waals surface area (Å²) in [5.41, 5.74) is 9.92. The number of amides is 1. The summed E-state index contributed by atoms with van der Waals surface area (Å²) in [7, 11) is 0. The highest BCUT2D eigenvalue weighted by Crippen LogP contribution is 2.03. The van der Waals surface area contributed by atoms with Gasteiger partial charge in [-0.2, -0.15) is 0 Å². The summed E-state index contributed by atoms with van der Waals surface area (Å²) in [6.45, 7) is 3.02. The van der Waals surface area contributed by atoms with Crippen molar-refractivity contribution in [3.05, 3.63) is 40.0 Å². The number of nitrogens with one attached hydrogen (secondary N) is 1. The van der Waals surface area contributed by atoms with Crippen molar-refractivity contribution in [2.75, 3.05) is 13.1 Å². The minimum atomic E-state index is -0.0272. The first-order chi connectivity index (χ1) is 8.74. The maximum atomic E-state index is 11.6. The molecular weight excluding hydrogens is 230 g/mol. The highest BCUT2D eigenvalue weighted by molar-refractivity contribution is 5.78. The molecule has 1 aromatic rings. The standard InChI is InChI=1S/C12H17N5O/c1-10-5-4-7-14-11(10)9-12(18)15-6-2-3-8-16-17-13/h4-5,7H,2-3,6,8-9H2,1H3,(H,15,18). The lowest BCUT2D eigenvalue weighted by Crippen LogP contribution is -2.26. The zero-order chi connectivity index (χ0) is 13.2. The molecule has 0 atom stereocenters. The molecule has 0 saturated heterocycles. The Bertz CT molecular complexity index is 440. The lowest BCUT2D eigenvalue weighted by atomic mass is 10.1. The zero-order valence-electron chi connectivity index (χ0n) is 10.5. The van der Waals surface area contributed by atoms with E-state index in [9.17, 15) is 4.79 Å². The van der Waals surface area contributed by atoms with Crippen LogP contribution >= 0.6 is 0 Å². The average Bonchev–Trinajstić information content (AvgIpc) is 2.36. The van der Waals surface area contributed by atoms with E-state index in [1.807, 2.05) is 19.1 Å². The molecule has 1 N–H and O–H groups in total. The number of aromatic nitrogens is 1. The third-order valence-electron chi connectivity index (χ3n) is 2.52. The van der Waals surface area contributed by atoms with E-state index < -0.39 is 0 Å². The van der Waals surface area contributed by atoms with E-state index in [2.05, 4.69) is 20.3 Å². The number of nitrogens with zero attached hydrogens (tertiary/aromatic N) is 4. The topological polar surface area (TPSA) is 90.8 Å². The molecule has 0 spiro atoms. The molecule has 0 aliphatic heterocycles. The fourth-order valence-electron chi connectivity index (χ4n) is 1.50. The van der Waals surface area contributed by atoms with E-state index in [1.54, 1.807) is 6.20 Å². The van der Waals surface area contributed by atoms with Gasteiger partial charge in [0, 0.05) is 24.2 Å². The van der Waals surface area contributed by atoms with E-state index in [4.69, 9.17) is 5.53 Å². The molecular formula is C12H17N5O. The first-order valence-electron chi connectivity index (χ1n) is 5.92. The SMILES string of the molecule is Cc1cccnc1CC(=O)NCCCCN=[N+]=[N-]. The molecule has 0 aliphatic rings. The maximum absolute atomic E-state index is 11.6. The molecule has 0 aliphatic carbocycles. The Morgan fingerprint density at radius 3 is 3.11 bits per heavy atom. The lowest BCUT2D eigenvalue weighted by molar-refractivity contribution is -0.120. The third-order valence-corrected chi connectivity index (χ3v) is 2.52. The number of aryl methyl sites for hydroxylation is 1. The van der Waals surface area contributed by atoms with Crippen molar-refractivity contribution in [1.82, 2.24) is 10.3 Å². The van der Waals surface area contributed by atoms with E-state index in [1.165, 1.54) is 0 Å². The number of azide groups is 1. The van der Waals surface area contributed by atoms with Crippen LogP contribution in [0, 0.1) is 6.92 Å². The molecule has 1 aromatic heterocycles. The quantitative estimate of drug-likeness (QED) is 0.346. The number of rotatable bonds is 7. The second kappa shape index (κ2) is 8.08. The average molecular weight is 247 g/mol. The van der Waals surface area contributed by atoms with Gasteiger partial charge in [0.1, 0.15) is 0 Å². The summed E-state index contributed by atoms with van der Waals surface area (Å²) in [4.78, 5) is 18.5. The molecule has 96 valence electrons. The van der Waals surface area contributed by atoms with Gasteiger partial charge in [0.25, 0.3) is 0 Å². The second-order valence-electron chi connectivity index (χ2n) is 3.96. The van der Waals surface area contributed by atoms with Gasteiger partial charge >= 0.3 is 0 Å². The monoisotopic (exact) mass is 247 g/mol. The molecule has 0 aromatic carbocycles. The van der Waals surface area contributed by atoms with Crippen LogP contribution < -0.4 is 5.32 Å². The molecule has 0 saturated carbocycles. The van der Waals surface area contributed by atoms with Gasteiger partial charge in [-0.15, -0.1) is 0 Å². The van der Waals surface area contributed by atoms with Crippen molar-refractivity contribution in [1.29, 1.82) is 0 Å². The fourth-order valence-corrected chi connectivity index (χ4v) is 1.50. The van der Waals surface area contributed by atoms with Crippen molar-refractivity contribution in [3.8, 4) is 0 Å². The summed E-state index contributed by atoms with van der Waals surface area (Å²) in [5, 5.41) is 6.25. The number of carbonyl (C=O) groups excluding carboxylic acids is 1. The molecule has 1 amide bonds. The Morgan fingerprint density at radius 2 is 2.39 bits per heavy atom. The lowest BCUT2D eigenvalue weighted by Gasteiger charge is -2.05. The van der Waals surface area contributed by atoms with Crippen molar-refractivity contribution in [2.24, 2.45) is 5.11 Å². The fraction of sp³-hybridized carbons (Fsp3) is 0.500. The van der Waals surface area contributed by atoms with Crippen molar-refractivity contribution >= 4 is 5.91 Å². The van der Waals surface area contributed by atoms with Crippen LogP contribution in [0.15, 0.2) is 23.4 Å². The Balaban J connectivity index is 2.22. The zero-order valence-corrected chi connectivity index (χ0v) is 10.5. The van der Waals surface area contributed by atoms with Crippen LogP contribution in [0.4, 0.5) is 0 Å². The van der Waals surface area contributed by atoms with Crippen molar-refractivity contribution < 1.29 is 4.79 Å². The molecule has 0 bridgehead atoms.